The Morgan fingerprint density at radius 1 is 1.20 bits per heavy atom. The van der Waals surface area contributed by atoms with Crippen molar-refractivity contribution in [3.05, 3.63) is 48.3 Å². The Hall–Kier alpha value is -2.69. The van der Waals surface area contributed by atoms with Crippen molar-refractivity contribution in [1.29, 1.82) is 0 Å². The molecule has 0 N–H and O–H groups in total. The highest BCUT2D eigenvalue weighted by molar-refractivity contribution is 5.75. The van der Waals surface area contributed by atoms with Gasteiger partial charge in [-0.2, -0.15) is 4.98 Å². The number of rotatable bonds is 0. The Bertz CT molecular complexity index is 992. The largest absolute Gasteiger partial charge is 0.295 e. The van der Waals surface area contributed by atoms with Gasteiger partial charge in [0.1, 0.15) is 5.69 Å². The Balaban J connectivity index is 1.99. The molecule has 0 aromatic carbocycles. The van der Waals surface area contributed by atoms with Crippen LogP contribution in [0.15, 0.2) is 42.7 Å². The average Bonchev–Trinajstić information content (AvgIpc) is 3.10. The van der Waals surface area contributed by atoms with Crippen molar-refractivity contribution in [2.24, 2.45) is 7.05 Å². The summed E-state index contributed by atoms with van der Waals surface area (Å²) in [5.41, 5.74) is 5.45. The van der Waals surface area contributed by atoms with E-state index in [1.165, 1.54) is 5.56 Å². The summed E-state index contributed by atoms with van der Waals surface area (Å²) >= 11 is 0. The van der Waals surface area contributed by atoms with Crippen LogP contribution in [0.5, 0.6) is 0 Å². The monoisotopic (exact) mass is 262 g/mol. The summed E-state index contributed by atoms with van der Waals surface area (Å²) in [4.78, 5) is 9.27. The van der Waals surface area contributed by atoms with E-state index in [9.17, 15) is 0 Å². The number of imidazole rings is 2. The lowest BCUT2D eigenvalue weighted by molar-refractivity contribution is -0.648. The molecule has 5 heterocycles. The summed E-state index contributed by atoms with van der Waals surface area (Å²) < 4.78 is 6.58. The Labute approximate surface area is 114 Å². The molecule has 0 unspecified atom stereocenters. The number of nitrogens with zero attached hydrogens (tertiary/aromatic N) is 5. The van der Waals surface area contributed by atoms with Crippen molar-refractivity contribution in [3.63, 3.8) is 0 Å². The van der Waals surface area contributed by atoms with Gasteiger partial charge in [0.25, 0.3) is 17.1 Å². The van der Waals surface area contributed by atoms with Gasteiger partial charge < -0.3 is 0 Å². The molecule has 5 heteroatoms. The molecule has 0 atom stereocenters. The smallest absolute Gasteiger partial charge is 0.249 e. The van der Waals surface area contributed by atoms with Gasteiger partial charge in [0.2, 0.25) is 0 Å². The number of aryl methyl sites for hydroxylation is 1. The molecule has 0 aliphatic carbocycles. The van der Waals surface area contributed by atoms with Gasteiger partial charge in [0.15, 0.2) is 5.65 Å². The van der Waals surface area contributed by atoms with E-state index in [0.717, 1.165) is 35.0 Å². The van der Waals surface area contributed by atoms with Crippen LogP contribution in [0.3, 0.4) is 0 Å². The fourth-order valence-electron chi connectivity index (χ4n) is 3.20. The lowest BCUT2D eigenvalue weighted by atomic mass is 10.2. The average molecular weight is 262 g/mol. The topological polar surface area (TPSA) is 39.0 Å². The first-order valence-electron chi connectivity index (χ1n) is 6.64. The van der Waals surface area contributed by atoms with E-state index >= 15 is 0 Å². The molecule has 0 spiro atoms. The highest BCUT2D eigenvalue weighted by atomic mass is 15.3. The highest BCUT2D eigenvalue weighted by Gasteiger charge is 2.34. The zero-order valence-corrected chi connectivity index (χ0v) is 11.0. The summed E-state index contributed by atoms with van der Waals surface area (Å²) in [6, 6.07) is 10.2. The van der Waals surface area contributed by atoms with E-state index in [-0.39, 0.29) is 0 Å². The second kappa shape index (κ2) is 3.25. The van der Waals surface area contributed by atoms with Crippen molar-refractivity contribution in [2.75, 3.05) is 0 Å². The summed E-state index contributed by atoms with van der Waals surface area (Å²) in [5.74, 6) is 1.14. The van der Waals surface area contributed by atoms with Gasteiger partial charge in [-0.1, -0.05) is 12.1 Å². The van der Waals surface area contributed by atoms with E-state index < -0.39 is 0 Å². The molecule has 0 radical (unpaired) electrons. The maximum absolute atomic E-state index is 4.73. The Morgan fingerprint density at radius 2 is 2.15 bits per heavy atom. The summed E-state index contributed by atoms with van der Waals surface area (Å²) in [7, 11) is 2.06. The molecular weight excluding hydrogens is 250 g/mol. The zero-order valence-electron chi connectivity index (χ0n) is 11.0. The molecule has 0 saturated heterocycles. The molecule has 5 nitrogen and oxygen atoms in total. The molecule has 4 aromatic rings. The maximum atomic E-state index is 4.73. The first-order chi connectivity index (χ1) is 9.84. The third kappa shape index (κ3) is 1.02. The first kappa shape index (κ1) is 10.1. The number of fused-ring (bicyclic) bond motifs is 7. The van der Waals surface area contributed by atoms with Crippen LogP contribution in [0.4, 0.5) is 0 Å². The number of pyridine rings is 2. The maximum Gasteiger partial charge on any atom is 0.295 e. The predicted octanol–water partition coefficient (Wildman–Crippen LogP) is 1.54. The van der Waals surface area contributed by atoms with E-state index in [2.05, 4.69) is 37.8 Å². The van der Waals surface area contributed by atoms with Gasteiger partial charge in [0.05, 0.1) is 19.8 Å². The molecule has 0 bridgehead atoms. The van der Waals surface area contributed by atoms with Crippen molar-refractivity contribution < 1.29 is 4.57 Å². The minimum atomic E-state index is 0.860. The van der Waals surface area contributed by atoms with E-state index in [1.54, 1.807) is 0 Å². The predicted molar refractivity (Wildman–Crippen MR) is 74.2 cm³/mol. The van der Waals surface area contributed by atoms with Gasteiger partial charge in [0, 0.05) is 11.8 Å². The quantitative estimate of drug-likeness (QED) is 0.397. The SMILES string of the molecule is Cn1c2[n+](c3c1nc1ccccn13)Cc1cccnc1-2. The Kier molecular flexibility index (Phi) is 1.65. The molecular formula is C15H12N5+. The van der Waals surface area contributed by atoms with Crippen LogP contribution < -0.4 is 4.57 Å². The third-order valence-electron chi connectivity index (χ3n) is 4.07. The van der Waals surface area contributed by atoms with E-state index in [1.807, 2.05) is 30.5 Å². The minimum absolute atomic E-state index is 0.860. The van der Waals surface area contributed by atoms with Crippen LogP contribution in [-0.2, 0) is 13.6 Å². The van der Waals surface area contributed by atoms with Crippen LogP contribution in [0.2, 0.25) is 0 Å². The summed E-state index contributed by atoms with van der Waals surface area (Å²) in [5, 5.41) is 0. The molecule has 4 aromatic heterocycles. The van der Waals surface area contributed by atoms with Gasteiger partial charge in [-0.3, -0.25) is 0 Å². The zero-order chi connectivity index (χ0) is 13.3. The van der Waals surface area contributed by atoms with Crippen LogP contribution in [0.25, 0.3) is 28.5 Å². The van der Waals surface area contributed by atoms with Crippen LogP contribution >= 0.6 is 0 Å². The molecule has 0 saturated carbocycles. The lowest BCUT2D eigenvalue weighted by Gasteiger charge is -1.94. The van der Waals surface area contributed by atoms with Crippen molar-refractivity contribution >= 4 is 16.9 Å². The van der Waals surface area contributed by atoms with Crippen molar-refractivity contribution in [2.45, 2.75) is 6.54 Å². The fraction of sp³-hybridized carbons (Fsp3) is 0.133. The van der Waals surface area contributed by atoms with Crippen molar-refractivity contribution in [1.82, 2.24) is 18.9 Å². The molecule has 1 aliphatic rings. The van der Waals surface area contributed by atoms with Crippen LogP contribution in [-0.4, -0.2) is 18.9 Å². The standard InChI is InChI=1S/C15H12N5/c1-18-13-15(19-8-3-2-6-11(19)17-13)20-9-10-5-4-7-16-12(10)14(18)20/h2-8H,9H2,1H3/q+1. The summed E-state index contributed by atoms with van der Waals surface area (Å²) in [6.07, 6.45) is 3.92. The van der Waals surface area contributed by atoms with Gasteiger partial charge in [-0.15, -0.1) is 0 Å². The molecule has 96 valence electrons. The van der Waals surface area contributed by atoms with Crippen LogP contribution in [0.1, 0.15) is 5.56 Å². The number of hydrogen-bond acceptors (Lipinski definition) is 2. The summed E-state index contributed by atoms with van der Waals surface area (Å²) in [6.45, 7) is 0.860. The molecule has 5 rings (SSSR count). The first-order valence-corrected chi connectivity index (χ1v) is 6.64. The molecule has 20 heavy (non-hydrogen) atoms. The lowest BCUT2D eigenvalue weighted by Crippen LogP contribution is -2.32. The fourth-order valence-corrected chi connectivity index (χ4v) is 3.20. The van der Waals surface area contributed by atoms with Crippen molar-refractivity contribution in [3.8, 4) is 11.5 Å². The second-order valence-corrected chi connectivity index (χ2v) is 5.17. The molecule has 0 fully saturated rings. The number of aromatic nitrogens is 5. The molecule has 1 aliphatic heterocycles. The van der Waals surface area contributed by atoms with E-state index in [4.69, 9.17) is 4.98 Å². The second-order valence-electron chi connectivity index (χ2n) is 5.17. The van der Waals surface area contributed by atoms with Gasteiger partial charge in [-0.05, 0) is 18.2 Å². The van der Waals surface area contributed by atoms with Gasteiger partial charge in [-0.25, -0.2) is 18.5 Å². The molecule has 0 amide bonds. The normalized spacial score (nSPS) is 13.1. The number of hydrogen-bond donors (Lipinski definition) is 0. The van der Waals surface area contributed by atoms with Gasteiger partial charge >= 0.3 is 0 Å². The van der Waals surface area contributed by atoms with E-state index in [0.29, 0.717) is 0 Å². The third-order valence-corrected chi connectivity index (χ3v) is 4.07. The van der Waals surface area contributed by atoms with Crippen LogP contribution in [0, 0.1) is 0 Å². The minimum Gasteiger partial charge on any atom is -0.249 e. The Morgan fingerprint density at radius 3 is 3.10 bits per heavy atom. The highest BCUT2D eigenvalue weighted by Crippen LogP contribution is 2.28.